The fraction of sp³-hybridized carbons (Fsp3) is 0.143. The minimum absolute atomic E-state index is 0.323. The molecule has 2 unspecified atom stereocenters. The predicted octanol–water partition coefficient (Wildman–Crippen LogP) is 8.00. The van der Waals surface area contributed by atoms with Crippen molar-refractivity contribution in [2.45, 2.75) is 0 Å². The van der Waals surface area contributed by atoms with Crippen LogP contribution in [-0.4, -0.2) is 42.7 Å². The van der Waals surface area contributed by atoms with E-state index in [0.717, 1.165) is 78.5 Å². The van der Waals surface area contributed by atoms with Crippen LogP contribution >= 0.6 is 17.2 Å². The Morgan fingerprint density at radius 1 is 0.320 bits per heavy atom. The maximum atomic E-state index is 6.27. The summed E-state index contributed by atoms with van der Waals surface area (Å²) in [6, 6.07) is 41.6. The van der Waals surface area contributed by atoms with Gasteiger partial charge in [0.15, 0.2) is 0 Å². The first kappa shape index (κ1) is 34.8. The standard InChI is InChI=1S/C42H40O6P2/c1-43-31-11-7-27(8-12-31)29-23-37(47-5)41(39(25-29)49-35-19-15-33(45-3)16-20-35)42-38(48-6)24-30(28-9-13-32(44-2)14-10-28)26-40(42)50-36-21-17-34(46-4)18-22-36/h7-26,49-50H,1-6H3. The smallest absolute Gasteiger partial charge is 0.128 e. The van der Waals surface area contributed by atoms with Crippen molar-refractivity contribution >= 4 is 38.4 Å². The fourth-order valence-corrected chi connectivity index (χ4v) is 8.32. The Morgan fingerprint density at radius 3 is 0.900 bits per heavy atom. The Hall–Kier alpha value is -5.02. The molecule has 0 bridgehead atoms. The van der Waals surface area contributed by atoms with Crippen LogP contribution in [0.5, 0.6) is 34.5 Å². The van der Waals surface area contributed by atoms with Crippen molar-refractivity contribution < 1.29 is 28.4 Å². The molecule has 0 fully saturated rings. The summed E-state index contributed by atoms with van der Waals surface area (Å²) in [6.07, 6.45) is 0. The molecule has 6 rings (SSSR count). The molecule has 0 N–H and O–H groups in total. The highest BCUT2D eigenvalue weighted by Gasteiger charge is 2.23. The normalized spacial score (nSPS) is 11.2. The number of ether oxygens (including phenoxy) is 6. The third-order valence-electron chi connectivity index (χ3n) is 8.48. The average molecular weight is 703 g/mol. The van der Waals surface area contributed by atoms with Gasteiger partial charge in [0.2, 0.25) is 0 Å². The van der Waals surface area contributed by atoms with Gasteiger partial charge in [-0.05, 0) is 116 Å². The van der Waals surface area contributed by atoms with Gasteiger partial charge < -0.3 is 28.4 Å². The zero-order chi connectivity index (χ0) is 35.0. The molecule has 6 nitrogen and oxygen atoms in total. The molecule has 0 aliphatic carbocycles. The molecule has 0 spiro atoms. The molecule has 0 saturated carbocycles. The molecule has 6 aromatic rings. The van der Waals surface area contributed by atoms with E-state index >= 15 is 0 Å². The summed E-state index contributed by atoms with van der Waals surface area (Å²) in [5.41, 5.74) is 6.26. The van der Waals surface area contributed by atoms with Gasteiger partial charge in [0.1, 0.15) is 34.5 Å². The maximum absolute atomic E-state index is 6.27. The molecule has 2 atom stereocenters. The van der Waals surface area contributed by atoms with Crippen molar-refractivity contribution in [1.29, 1.82) is 0 Å². The molecule has 8 heteroatoms. The van der Waals surface area contributed by atoms with E-state index in [1.54, 1.807) is 42.7 Å². The van der Waals surface area contributed by atoms with E-state index in [-0.39, 0.29) is 0 Å². The van der Waals surface area contributed by atoms with Gasteiger partial charge in [-0.15, -0.1) is 0 Å². The third kappa shape index (κ3) is 7.73. The van der Waals surface area contributed by atoms with Crippen LogP contribution in [0, 0.1) is 0 Å². The highest BCUT2D eigenvalue weighted by atomic mass is 31.1. The van der Waals surface area contributed by atoms with Gasteiger partial charge in [0.25, 0.3) is 0 Å². The Morgan fingerprint density at radius 2 is 0.620 bits per heavy atom. The van der Waals surface area contributed by atoms with Crippen LogP contribution in [0.2, 0.25) is 0 Å². The van der Waals surface area contributed by atoms with Gasteiger partial charge in [-0.2, -0.15) is 0 Å². The topological polar surface area (TPSA) is 55.4 Å². The van der Waals surface area contributed by atoms with Gasteiger partial charge in [-0.3, -0.25) is 0 Å². The van der Waals surface area contributed by atoms with E-state index in [1.165, 1.54) is 10.6 Å². The van der Waals surface area contributed by atoms with Crippen LogP contribution in [-0.2, 0) is 0 Å². The van der Waals surface area contributed by atoms with Crippen molar-refractivity contribution in [2.75, 3.05) is 42.7 Å². The predicted molar refractivity (Wildman–Crippen MR) is 210 cm³/mol. The number of methoxy groups -OCH3 is 6. The highest BCUT2D eigenvalue weighted by molar-refractivity contribution is 7.56. The molecule has 0 heterocycles. The van der Waals surface area contributed by atoms with E-state index in [1.807, 2.05) is 48.5 Å². The van der Waals surface area contributed by atoms with E-state index in [9.17, 15) is 0 Å². The quantitative estimate of drug-likeness (QED) is 0.114. The number of hydrogen-bond donors (Lipinski definition) is 0. The van der Waals surface area contributed by atoms with Gasteiger partial charge >= 0.3 is 0 Å². The fourth-order valence-electron chi connectivity index (χ4n) is 5.83. The van der Waals surface area contributed by atoms with Gasteiger partial charge in [0, 0.05) is 11.1 Å². The second-order valence-corrected chi connectivity index (χ2v) is 14.1. The van der Waals surface area contributed by atoms with Crippen LogP contribution in [0.4, 0.5) is 0 Å². The summed E-state index contributed by atoms with van der Waals surface area (Å²) in [4.78, 5) is 0. The molecule has 50 heavy (non-hydrogen) atoms. The number of hydrogen-bond acceptors (Lipinski definition) is 6. The molecule has 0 radical (unpaired) electrons. The minimum Gasteiger partial charge on any atom is -0.497 e. The average Bonchev–Trinajstić information content (AvgIpc) is 3.18. The zero-order valence-electron chi connectivity index (χ0n) is 29.0. The lowest BCUT2D eigenvalue weighted by Crippen LogP contribution is -2.15. The summed E-state index contributed by atoms with van der Waals surface area (Å²) < 4.78 is 34.4. The Balaban J connectivity index is 1.59. The lowest BCUT2D eigenvalue weighted by molar-refractivity contribution is 0.411. The first-order chi connectivity index (χ1) is 24.5. The van der Waals surface area contributed by atoms with Crippen molar-refractivity contribution in [3.05, 3.63) is 121 Å². The number of benzene rings is 6. The summed E-state index contributed by atoms with van der Waals surface area (Å²) in [5, 5.41) is 4.62. The first-order valence-electron chi connectivity index (χ1n) is 16.0. The Kier molecular flexibility index (Phi) is 11.2. The Labute approximate surface area is 297 Å². The second kappa shape index (κ2) is 16.1. The molecule has 0 aliphatic heterocycles. The van der Waals surface area contributed by atoms with Crippen molar-refractivity contribution in [1.82, 2.24) is 0 Å². The molecule has 0 aliphatic rings. The minimum atomic E-state index is 0.323. The molecule has 6 aromatic carbocycles. The SMILES string of the molecule is COc1ccc(Pc2cc(-c3ccc(OC)cc3)cc(OC)c2-c2c(OC)cc(-c3ccc(OC)cc3)cc2Pc2ccc(OC)cc2)cc1. The number of rotatable bonds is 13. The second-order valence-electron chi connectivity index (χ2n) is 11.4. The van der Waals surface area contributed by atoms with Crippen LogP contribution in [0.3, 0.4) is 0 Å². The zero-order valence-corrected chi connectivity index (χ0v) is 31.0. The molecular formula is C42H40O6P2. The van der Waals surface area contributed by atoms with Crippen molar-refractivity contribution in [3.8, 4) is 67.9 Å². The van der Waals surface area contributed by atoms with Crippen LogP contribution in [0.1, 0.15) is 0 Å². The van der Waals surface area contributed by atoms with Gasteiger partial charge in [-0.25, -0.2) is 0 Å². The van der Waals surface area contributed by atoms with E-state index in [0.29, 0.717) is 17.2 Å². The maximum Gasteiger partial charge on any atom is 0.128 e. The highest BCUT2D eigenvalue weighted by Crippen LogP contribution is 2.43. The van der Waals surface area contributed by atoms with Crippen LogP contribution < -0.4 is 49.6 Å². The molecule has 0 amide bonds. The summed E-state index contributed by atoms with van der Waals surface area (Å²) in [5.74, 6) is 4.80. The molecular weight excluding hydrogens is 662 g/mol. The monoisotopic (exact) mass is 702 g/mol. The largest absolute Gasteiger partial charge is 0.497 e. The lowest BCUT2D eigenvalue weighted by atomic mass is 9.95. The van der Waals surface area contributed by atoms with E-state index < -0.39 is 0 Å². The summed E-state index contributed by atoms with van der Waals surface area (Å²) >= 11 is 0. The van der Waals surface area contributed by atoms with Crippen LogP contribution in [0.15, 0.2) is 121 Å². The van der Waals surface area contributed by atoms with E-state index in [4.69, 9.17) is 28.4 Å². The molecule has 0 saturated heterocycles. The third-order valence-corrected chi connectivity index (χ3v) is 11.1. The molecule has 0 aromatic heterocycles. The van der Waals surface area contributed by atoms with Crippen molar-refractivity contribution in [2.24, 2.45) is 0 Å². The summed E-state index contributed by atoms with van der Waals surface area (Å²) in [6.45, 7) is 0. The molecule has 254 valence electrons. The van der Waals surface area contributed by atoms with Gasteiger partial charge in [-0.1, -0.05) is 65.7 Å². The lowest BCUT2D eigenvalue weighted by Gasteiger charge is -2.23. The van der Waals surface area contributed by atoms with Crippen LogP contribution in [0.25, 0.3) is 33.4 Å². The summed E-state index contributed by atoms with van der Waals surface area (Å²) in [7, 11) is 10.8. The first-order valence-corrected chi connectivity index (χ1v) is 18.0. The van der Waals surface area contributed by atoms with Crippen molar-refractivity contribution in [3.63, 3.8) is 0 Å². The Bertz CT molecular complexity index is 1890. The van der Waals surface area contributed by atoms with Gasteiger partial charge in [0.05, 0.1) is 42.7 Å². The van der Waals surface area contributed by atoms with E-state index in [2.05, 4.69) is 72.8 Å².